The Bertz CT molecular complexity index is 385. The number of anilines is 1. The van der Waals surface area contributed by atoms with E-state index in [9.17, 15) is 9.90 Å². The number of hydrogen-bond acceptors (Lipinski definition) is 4. The fourth-order valence-corrected chi connectivity index (χ4v) is 1.41. The number of likely N-dealkylation sites (N-methyl/N-ethyl adjacent to an activating group) is 1. The largest absolute Gasteiger partial charge is 0.399 e. The van der Waals surface area contributed by atoms with E-state index in [0.717, 1.165) is 0 Å². The standard InChI is InChI=1S/C11H17N3O2/c1-11(2,16)7-14(3)10(15)9-6-8(12)4-5-13-9/h4-6,16H,7H2,1-3H3,(H2,12,13). The van der Waals surface area contributed by atoms with Gasteiger partial charge in [0.05, 0.1) is 5.60 Å². The molecule has 0 fully saturated rings. The van der Waals surface area contributed by atoms with Crippen LogP contribution in [0.25, 0.3) is 0 Å². The minimum absolute atomic E-state index is 0.238. The lowest BCUT2D eigenvalue weighted by molar-refractivity contribution is 0.0365. The van der Waals surface area contributed by atoms with Gasteiger partial charge in [0.15, 0.2) is 0 Å². The van der Waals surface area contributed by atoms with Gasteiger partial charge in [0.2, 0.25) is 0 Å². The van der Waals surface area contributed by atoms with Crippen molar-refractivity contribution in [2.75, 3.05) is 19.3 Å². The van der Waals surface area contributed by atoms with Crippen molar-refractivity contribution in [3.63, 3.8) is 0 Å². The first-order chi connectivity index (χ1) is 7.29. The van der Waals surface area contributed by atoms with Crippen LogP contribution in [-0.4, -0.2) is 40.1 Å². The van der Waals surface area contributed by atoms with Gasteiger partial charge < -0.3 is 15.7 Å². The molecule has 0 saturated heterocycles. The molecule has 0 aromatic carbocycles. The van der Waals surface area contributed by atoms with Crippen molar-refractivity contribution in [3.05, 3.63) is 24.0 Å². The Kier molecular flexibility index (Phi) is 3.49. The molecule has 0 aliphatic rings. The molecular weight excluding hydrogens is 206 g/mol. The average molecular weight is 223 g/mol. The van der Waals surface area contributed by atoms with Crippen molar-refractivity contribution >= 4 is 11.6 Å². The van der Waals surface area contributed by atoms with Crippen molar-refractivity contribution < 1.29 is 9.90 Å². The molecule has 1 heterocycles. The molecule has 0 saturated carbocycles. The second-order valence-electron chi connectivity index (χ2n) is 4.45. The third kappa shape index (κ3) is 3.51. The Morgan fingerprint density at radius 1 is 1.62 bits per heavy atom. The van der Waals surface area contributed by atoms with E-state index in [0.29, 0.717) is 5.69 Å². The van der Waals surface area contributed by atoms with E-state index in [1.54, 1.807) is 27.0 Å². The summed E-state index contributed by atoms with van der Waals surface area (Å²) in [6.45, 7) is 3.52. The SMILES string of the molecule is CN(CC(C)(C)O)C(=O)c1cc(N)ccn1. The second-order valence-corrected chi connectivity index (χ2v) is 4.45. The van der Waals surface area contributed by atoms with Crippen LogP contribution in [0.15, 0.2) is 18.3 Å². The summed E-state index contributed by atoms with van der Waals surface area (Å²) < 4.78 is 0. The molecule has 0 radical (unpaired) electrons. The summed E-state index contributed by atoms with van der Waals surface area (Å²) in [5.74, 6) is -0.255. The van der Waals surface area contributed by atoms with Crippen molar-refractivity contribution in [3.8, 4) is 0 Å². The zero-order valence-corrected chi connectivity index (χ0v) is 9.77. The van der Waals surface area contributed by atoms with Gasteiger partial charge in [0.25, 0.3) is 5.91 Å². The molecule has 3 N–H and O–H groups in total. The number of carbonyl (C=O) groups excluding carboxylic acids is 1. The fourth-order valence-electron chi connectivity index (χ4n) is 1.41. The first kappa shape index (κ1) is 12.4. The monoisotopic (exact) mass is 223 g/mol. The van der Waals surface area contributed by atoms with Crippen LogP contribution in [-0.2, 0) is 0 Å². The number of aromatic nitrogens is 1. The van der Waals surface area contributed by atoms with E-state index in [1.165, 1.54) is 17.2 Å². The van der Waals surface area contributed by atoms with Crippen LogP contribution in [0.2, 0.25) is 0 Å². The van der Waals surface area contributed by atoms with Crippen molar-refractivity contribution in [2.24, 2.45) is 0 Å². The lowest BCUT2D eigenvalue weighted by atomic mass is 10.1. The van der Waals surface area contributed by atoms with Gasteiger partial charge in [-0.25, -0.2) is 0 Å². The highest BCUT2D eigenvalue weighted by molar-refractivity contribution is 5.92. The van der Waals surface area contributed by atoms with E-state index >= 15 is 0 Å². The summed E-state index contributed by atoms with van der Waals surface area (Å²) in [5.41, 5.74) is 5.42. The van der Waals surface area contributed by atoms with Gasteiger partial charge in [-0.05, 0) is 26.0 Å². The fraction of sp³-hybridized carbons (Fsp3) is 0.455. The van der Waals surface area contributed by atoms with Crippen LogP contribution < -0.4 is 5.73 Å². The molecule has 1 amide bonds. The molecule has 88 valence electrons. The van der Waals surface area contributed by atoms with E-state index in [-0.39, 0.29) is 18.1 Å². The molecule has 1 aromatic heterocycles. The van der Waals surface area contributed by atoms with Crippen LogP contribution in [0.5, 0.6) is 0 Å². The van der Waals surface area contributed by atoms with Crippen molar-refractivity contribution in [2.45, 2.75) is 19.4 Å². The van der Waals surface area contributed by atoms with Gasteiger partial charge in [-0.2, -0.15) is 0 Å². The van der Waals surface area contributed by atoms with E-state index in [1.807, 2.05) is 0 Å². The lowest BCUT2D eigenvalue weighted by Gasteiger charge is -2.25. The Morgan fingerprint density at radius 2 is 2.25 bits per heavy atom. The predicted octanol–water partition coefficient (Wildman–Crippen LogP) is 0.507. The molecule has 0 bridgehead atoms. The molecular formula is C11H17N3O2. The average Bonchev–Trinajstić information content (AvgIpc) is 2.14. The van der Waals surface area contributed by atoms with Gasteiger partial charge in [-0.15, -0.1) is 0 Å². The number of carbonyl (C=O) groups is 1. The van der Waals surface area contributed by atoms with Crippen LogP contribution in [0.4, 0.5) is 5.69 Å². The molecule has 5 nitrogen and oxygen atoms in total. The molecule has 5 heteroatoms. The Morgan fingerprint density at radius 3 is 2.75 bits per heavy atom. The number of nitrogen functional groups attached to an aromatic ring is 1. The first-order valence-electron chi connectivity index (χ1n) is 4.99. The third-order valence-electron chi connectivity index (χ3n) is 1.97. The number of rotatable bonds is 3. The molecule has 0 aliphatic heterocycles. The summed E-state index contributed by atoms with van der Waals surface area (Å²) in [6, 6.07) is 3.13. The molecule has 0 atom stereocenters. The maximum absolute atomic E-state index is 11.9. The highest BCUT2D eigenvalue weighted by atomic mass is 16.3. The van der Waals surface area contributed by atoms with Gasteiger partial charge >= 0.3 is 0 Å². The van der Waals surface area contributed by atoms with Crippen LogP contribution in [0.1, 0.15) is 24.3 Å². The van der Waals surface area contributed by atoms with Crippen molar-refractivity contribution in [1.29, 1.82) is 0 Å². The topological polar surface area (TPSA) is 79.5 Å². The highest BCUT2D eigenvalue weighted by Gasteiger charge is 2.21. The summed E-state index contributed by atoms with van der Waals surface area (Å²) in [6.07, 6.45) is 1.49. The first-order valence-corrected chi connectivity index (χ1v) is 4.99. The smallest absolute Gasteiger partial charge is 0.272 e. The summed E-state index contributed by atoms with van der Waals surface area (Å²) in [5, 5.41) is 9.60. The Balaban J connectivity index is 2.78. The van der Waals surface area contributed by atoms with Crippen LogP contribution in [0.3, 0.4) is 0 Å². The van der Waals surface area contributed by atoms with Crippen LogP contribution in [0, 0.1) is 0 Å². The highest BCUT2D eigenvalue weighted by Crippen LogP contribution is 2.09. The maximum atomic E-state index is 11.9. The molecule has 0 spiro atoms. The van der Waals surface area contributed by atoms with Gasteiger partial charge in [-0.1, -0.05) is 0 Å². The quantitative estimate of drug-likeness (QED) is 0.782. The second kappa shape index (κ2) is 4.49. The Labute approximate surface area is 94.9 Å². The molecule has 16 heavy (non-hydrogen) atoms. The van der Waals surface area contributed by atoms with E-state index < -0.39 is 5.60 Å². The minimum Gasteiger partial charge on any atom is -0.399 e. The number of pyridine rings is 1. The number of amides is 1. The lowest BCUT2D eigenvalue weighted by Crippen LogP contribution is -2.40. The minimum atomic E-state index is -0.926. The van der Waals surface area contributed by atoms with Crippen molar-refractivity contribution in [1.82, 2.24) is 9.88 Å². The number of nitrogens with two attached hydrogens (primary N) is 1. The molecule has 0 aliphatic carbocycles. The summed E-state index contributed by atoms with van der Waals surface area (Å²) in [4.78, 5) is 17.2. The van der Waals surface area contributed by atoms with Crippen LogP contribution >= 0.6 is 0 Å². The summed E-state index contributed by atoms with van der Waals surface area (Å²) in [7, 11) is 1.62. The third-order valence-corrected chi connectivity index (χ3v) is 1.97. The Hall–Kier alpha value is -1.62. The zero-order chi connectivity index (χ0) is 12.3. The number of nitrogens with zero attached hydrogens (tertiary/aromatic N) is 2. The molecule has 1 aromatic rings. The van der Waals surface area contributed by atoms with E-state index in [4.69, 9.17) is 5.73 Å². The van der Waals surface area contributed by atoms with Gasteiger partial charge in [0.1, 0.15) is 5.69 Å². The van der Waals surface area contributed by atoms with E-state index in [2.05, 4.69) is 4.98 Å². The number of aliphatic hydroxyl groups is 1. The molecule has 0 unspecified atom stereocenters. The van der Waals surface area contributed by atoms with Gasteiger partial charge in [-0.3, -0.25) is 9.78 Å². The normalized spacial score (nSPS) is 11.2. The molecule has 1 rings (SSSR count). The zero-order valence-electron chi connectivity index (χ0n) is 9.77. The number of hydrogen-bond donors (Lipinski definition) is 2. The van der Waals surface area contributed by atoms with Gasteiger partial charge in [0, 0.05) is 25.5 Å². The summed E-state index contributed by atoms with van der Waals surface area (Å²) >= 11 is 0. The predicted molar refractivity (Wildman–Crippen MR) is 61.9 cm³/mol. The maximum Gasteiger partial charge on any atom is 0.272 e.